The molecule has 134 valence electrons. The highest BCUT2D eigenvalue weighted by atomic mass is 35.5. The lowest BCUT2D eigenvalue weighted by molar-refractivity contribution is -0.121. The lowest BCUT2D eigenvalue weighted by Gasteiger charge is -2.14. The summed E-state index contributed by atoms with van der Waals surface area (Å²) < 4.78 is 5.21. The summed E-state index contributed by atoms with van der Waals surface area (Å²) in [5.74, 6) is 0.722. The summed E-state index contributed by atoms with van der Waals surface area (Å²) in [6.07, 6.45) is 0.610. The van der Waals surface area contributed by atoms with Crippen molar-refractivity contribution in [2.24, 2.45) is 0 Å². The summed E-state index contributed by atoms with van der Waals surface area (Å²) in [4.78, 5) is 16.5. The predicted molar refractivity (Wildman–Crippen MR) is 101 cm³/mol. The minimum atomic E-state index is -0.110. The van der Waals surface area contributed by atoms with E-state index in [0.717, 1.165) is 5.56 Å². The summed E-state index contributed by atoms with van der Waals surface area (Å²) in [5.41, 5.74) is 1.69. The van der Waals surface area contributed by atoms with Crippen LogP contribution in [0.25, 0.3) is 11.4 Å². The number of aryl methyl sites for hydroxylation is 1. The lowest BCUT2D eigenvalue weighted by atomic mass is 10.1. The van der Waals surface area contributed by atoms with Gasteiger partial charge in [-0.1, -0.05) is 52.6 Å². The molecule has 1 atom stereocenters. The van der Waals surface area contributed by atoms with Gasteiger partial charge in [-0.3, -0.25) is 4.79 Å². The second-order valence-corrected chi connectivity index (χ2v) is 6.68. The van der Waals surface area contributed by atoms with Gasteiger partial charge in [-0.05, 0) is 36.8 Å². The van der Waals surface area contributed by atoms with E-state index in [9.17, 15) is 4.79 Å². The average Bonchev–Trinajstić information content (AvgIpc) is 3.09. The number of benzene rings is 2. The molecule has 0 saturated carbocycles. The van der Waals surface area contributed by atoms with Crippen LogP contribution in [0.5, 0.6) is 0 Å². The van der Waals surface area contributed by atoms with Crippen molar-refractivity contribution in [1.82, 2.24) is 15.5 Å². The molecular formula is C19H17Cl2N3O2. The van der Waals surface area contributed by atoms with E-state index in [1.54, 1.807) is 18.2 Å². The van der Waals surface area contributed by atoms with Crippen molar-refractivity contribution in [2.75, 3.05) is 0 Å². The fourth-order valence-corrected chi connectivity index (χ4v) is 2.82. The zero-order valence-corrected chi connectivity index (χ0v) is 15.6. The Bertz CT molecular complexity index is 894. The van der Waals surface area contributed by atoms with E-state index < -0.39 is 0 Å². The van der Waals surface area contributed by atoms with Crippen molar-refractivity contribution in [3.8, 4) is 11.4 Å². The number of nitrogens with one attached hydrogen (secondary N) is 1. The van der Waals surface area contributed by atoms with Gasteiger partial charge in [0.15, 0.2) is 0 Å². The fourth-order valence-electron chi connectivity index (χ4n) is 2.48. The van der Waals surface area contributed by atoms with Crippen molar-refractivity contribution in [2.45, 2.75) is 25.8 Å². The van der Waals surface area contributed by atoms with Crippen LogP contribution in [0, 0.1) is 0 Å². The van der Waals surface area contributed by atoms with Crippen LogP contribution in [0.15, 0.2) is 53.1 Å². The number of amides is 1. The topological polar surface area (TPSA) is 68.0 Å². The number of halogens is 2. The highest BCUT2D eigenvalue weighted by Gasteiger charge is 2.14. The zero-order chi connectivity index (χ0) is 18.5. The summed E-state index contributed by atoms with van der Waals surface area (Å²) in [6.45, 7) is 1.92. The molecule has 0 aliphatic rings. The van der Waals surface area contributed by atoms with Gasteiger partial charge in [0.25, 0.3) is 0 Å². The molecule has 1 aromatic heterocycles. The Morgan fingerprint density at radius 1 is 1.15 bits per heavy atom. The largest absolute Gasteiger partial charge is 0.350 e. The smallest absolute Gasteiger partial charge is 0.227 e. The quantitative estimate of drug-likeness (QED) is 0.653. The van der Waals surface area contributed by atoms with Gasteiger partial charge in [-0.25, -0.2) is 0 Å². The molecule has 0 aliphatic heterocycles. The van der Waals surface area contributed by atoms with Crippen LogP contribution in [0.4, 0.5) is 0 Å². The molecule has 0 saturated heterocycles. The van der Waals surface area contributed by atoms with Gasteiger partial charge in [0.1, 0.15) is 0 Å². The molecule has 5 nitrogen and oxygen atoms in total. The number of aromatic nitrogens is 2. The summed E-state index contributed by atoms with van der Waals surface area (Å²) in [6, 6.07) is 14.5. The number of carbonyl (C=O) groups excluding carboxylic acids is 1. The van der Waals surface area contributed by atoms with Crippen LogP contribution in [0.3, 0.4) is 0 Å². The van der Waals surface area contributed by atoms with E-state index in [-0.39, 0.29) is 18.4 Å². The minimum absolute atomic E-state index is 0.0926. The fraction of sp³-hybridized carbons (Fsp3) is 0.211. The maximum absolute atomic E-state index is 12.1. The third kappa shape index (κ3) is 4.62. The van der Waals surface area contributed by atoms with Crippen molar-refractivity contribution < 1.29 is 9.32 Å². The van der Waals surface area contributed by atoms with Gasteiger partial charge in [-0.2, -0.15) is 4.98 Å². The van der Waals surface area contributed by atoms with Crippen LogP contribution in [0.1, 0.15) is 30.8 Å². The van der Waals surface area contributed by atoms with E-state index in [1.165, 1.54) is 0 Å². The number of carbonyl (C=O) groups is 1. The SMILES string of the molecule is C[C@H](NC(=O)CCc1nc(-c2ccccc2Cl)no1)c1ccc(Cl)cc1. The lowest BCUT2D eigenvalue weighted by Crippen LogP contribution is -2.26. The first-order valence-corrected chi connectivity index (χ1v) is 8.91. The third-order valence-electron chi connectivity index (χ3n) is 3.90. The molecule has 3 rings (SSSR count). The molecule has 1 heterocycles. The zero-order valence-electron chi connectivity index (χ0n) is 14.1. The first-order valence-electron chi connectivity index (χ1n) is 8.15. The Morgan fingerprint density at radius 3 is 2.62 bits per heavy atom. The van der Waals surface area contributed by atoms with E-state index >= 15 is 0 Å². The maximum atomic E-state index is 12.1. The average molecular weight is 390 g/mol. The van der Waals surface area contributed by atoms with Gasteiger partial charge in [0.05, 0.1) is 11.1 Å². The van der Waals surface area contributed by atoms with Gasteiger partial charge < -0.3 is 9.84 Å². The molecule has 1 N–H and O–H groups in total. The molecule has 2 aromatic carbocycles. The molecule has 0 aliphatic carbocycles. The van der Waals surface area contributed by atoms with Crippen molar-refractivity contribution in [3.05, 3.63) is 70.0 Å². The third-order valence-corrected chi connectivity index (χ3v) is 4.48. The molecule has 7 heteroatoms. The van der Waals surface area contributed by atoms with Crippen LogP contribution in [-0.2, 0) is 11.2 Å². The Hall–Kier alpha value is -2.37. The van der Waals surface area contributed by atoms with Crippen molar-refractivity contribution in [3.63, 3.8) is 0 Å². The standard InChI is InChI=1S/C19H17Cl2N3O2/c1-12(13-6-8-14(20)9-7-13)22-17(25)10-11-18-23-19(24-26-18)15-4-2-3-5-16(15)21/h2-9,12H,10-11H2,1H3,(H,22,25)/t12-/m0/s1. The normalized spacial score (nSPS) is 12.0. The second-order valence-electron chi connectivity index (χ2n) is 5.83. The van der Waals surface area contributed by atoms with E-state index in [1.807, 2.05) is 37.3 Å². The van der Waals surface area contributed by atoms with E-state index in [0.29, 0.717) is 33.7 Å². The highest BCUT2D eigenvalue weighted by molar-refractivity contribution is 6.33. The molecule has 0 fully saturated rings. The molecule has 0 unspecified atom stereocenters. The van der Waals surface area contributed by atoms with Crippen LogP contribution in [0.2, 0.25) is 10.0 Å². The summed E-state index contributed by atoms with van der Waals surface area (Å²) >= 11 is 12.0. The maximum Gasteiger partial charge on any atom is 0.227 e. The first-order chi connectivity index (χ1) is 12.5. The minimum Gasteiger partial charge on any atom is -0.350 e. The predicted octanol–water partition coefficient (Wildman–Crippen LogP) is 4.85. The molecule has 26 heavy (non-hydrogen) atoms. The Labute approximate surface area is 161 Å². The van der Waals surface area contributed by atoms with Crippen molar-refractivity contribution in [1.29, 1.82) is 0 Å². The first kappa shape index (κ1) is 18.4. The number of hydrogen-bond donors (Lipinski definition) is 1. The Balaban J connectivity index is 1.55. The van der Waals surface area contributed by atoms with Gasteiger partial charge in [0.2, 0.25) is 17.6 Å². The number of rotatable bonds is 6. The van der Waals surface area contributed by atoms with Crippen LogP contribution < -0.4 is 5.32 Å². The summed E-state index contributed by atoms with van der Waals surface area (Å²) in [5, 5.41) is 8.08. The molecule has 0 radical (unpaired) electrons. The Morgan fingerprint density at radius 2 is 1.88 bits per heavy atom. The molecule has 0 spiro atoms. The highest BCUT2D eigenvalue weighted by Crippen LogP contribution is 2.25. The second kappa shape index (κ2) is 8.34. The Kier molecular flexibility index (Phi) is 5.91. The summed E-state index contributed by atoms with van der Waals surface area (Å²) in [7, 11) is 0. The van der Waals surface area contributed by atoms with E-state index in [2.05, 4.69) is 15.5 Å². The van der Waals surface area contributed by atoms with E-state index in [4.69, 9.17) is 27.7 Å². The molecule has 1 amide bonds. The van der Waals surface area contributed by atoms with Crippen molar-refractivity contribution >= 4 is 29.1 Å². The number of hydrogen-bond acceptors (Lipinski definition) is 4. The molecular weight excluding hydrogens is 373 g/mol. The number of nitrogens with zero attached hydrogens (tertiary/aromatic N) is 2. The van der Waals surface area contributed by atoms with Crippen LogP contribution >= 0.6 is 23.2 Å². The monoisotopic (exact) mass is 389 g/mol. The molecule has 3 aromatic rings. The van der Waals surface area contributed by atoms with Gasteiger partial charge in [-0.15, -0.1) is 0 Å². The van der Waals surface area contributed by atoms with Gasteiger partial charge >= 0.3 is 0 Å². The van der Waals surface area contributed by atoms with Crippen LogP contribution in [-0.4, -0.2) is 16.0 Å². The van der Waals surface area contributed by atoms with Gasteiger partial charge in [0, 0.05) is 23.4 Å². The molecule has 0 bridgehead atoms.